The average Bonchev–Trinajstić information content (AvgIpc) is 2.13. The van der Waals surface area contributed by atoms with Crippen molar-refractivity contribution in [1.29, 1.82) is 0 Å². The monoisotopic (exact) mass is 354 g/mol. The smallest absolute Gasteiger partial charge is 0.162 e. The van der Waals surface area contributed by atoms with E-state index in [1.807, 2.05) is 6.07 Å². The summed E-state index contributed by atoms with van der Waals surface area (Å²) >= 11 is 6.79. The third-order valence-electron chi connectivity index (χ3n) is 2.56. The SMILES string of the molecule is Cc1cc(C)c(-c2nc(Br)cc(Br)n2)c(C)c1. The predicted molar refractivity (Wildman–Crippen MR) is 77.1 cm³/mol. The summed E-state index contributed by atoms with van der Waals surface area (Å²) in [5.41, 5.74) is 4.77. The Hall–Kier alpha value is -0.740. The minimum atomic E-state index is 0.751. The molecule has 4 heteroatoms. The van der Waals surface area contributed by atoms with Crippen LogP contribution in [0.1, 0.15) is 16.7 Å². The van der Waals surface area contributed by atoms with Gasteiger partial charge in [0.05, 0.1) is 0 Å². The molecule has 1 aromatic carbocycles. The molecule has 2 nitrogen and oxygen atoms in total. The van der Waals surface area contributed by atoms with E-state index >= 15 is 0 Å². The van der Waals surface area contributed by atoms with Crippen LogP contribution in [-0.2, 0) is 0 Å². The van der Waals surface area contributed by atoms with Crippen LogP contribution < -0.4 is 0 Å². The highest BCUT2D eigenvalue weighted by molar-refractivity contribution is 9.11. The van der Waals surface area contributed by atoms with Crippen LogP contribution in [0.2, 0.25) is 0 Å². The zero-order valence-corrected chi connectivity index (χ0v) is 13.1. The lowest BCUT2D eigenvalue weighted by Gasteiger charge is -2.10. The molecule has 1 heterocycles. The molecule has 17 heavy (non-hydrogen) atoms. The van der Waals surface area contributed by atoms with Gasteiger partial charge in [0, 0.05) is 11.6 Å². The lowest BCUT2D eigenvalue weighted by atomic mass is 9.99. The number of hydrogen-bond acceptors (Lipinski definition) is 2. The van der Waals surface area contributed by atoms with E-state index in [4.69, 9.17) is 0 Å². The van der Waals surface area contributed by atoms with Crippen LogP contribution in [0, 0.1) is 20.8 Å². The Bertz CT molecular complexity index is 536. The Morgan fingerprint density at radius 3 is 1.76 bits per heavy atom. The van der Waals surface area contributed by atoms with Gasteiger partial charge in [-0.3, -0.25) is 0 Å². The van der Waals surface area contributed by atoms with Crippen molar-refractivity contribution in [3.8, 4) is 11.4 Å². The van der Waals surface area contributed by atoms with Gasteiger partial charge >= 0.3 is 0 Å². The quantitative estimate of drug-likeness (QED) is 0.699. The number of halogens is 2. The molecule has 0 atom stereocenters. The predicted octanol–water partition coefficient (Wildman–Crippen LogP) is 4.59. The van der Waals surface area contributed by atoms with E-state index in [0.29, 0.717) is 0 Å². The van der Waals surface area contributed by atoms with Gasteiger partial charge in [-0.1, -0.05) is 17.7 Å². The van der Waals surface area contributed by atoms with E-state index < -0.39 is 0 Å². The van der Waals surface area contributed by atoms with Crippen LogP contribution in [0.25, 0.3) is 11.4 Å². The maximum atomic E-state index is 4.43. The van der Waals surface area contributed by atoms with Crippen molar-refractivity contribution in [3.63, 3.8) is 0 Å². The molecular weight excluding hydrogens is 344 g/mol. The molecule has 0 bridgehead atoms. The summed E-state index contributed by atoms with van der Waals surface area (Å²) in [5.74, 6) is 0.751. The Morgan fingerprint density at radius 1 is 0.824 bits per heavy atom. The van der Waals surface area contributed by atoms with Crippen molar-refractivity contribution < 1.29 is 0 Å². The first-order chi connectivity index (χ1) is 7.97. The molecule has 2 rings (SSSR count). The molecule has 0 spiro atoms. The number of nitrogens with zero attached hydrogens (tertiary/aromatic N) is 2. The highest BCUT2D eigenvalue weighted by Crippen LogP contribution is 2.27. The van der Waals surface area contributed by atoms with Crippen molar-refractivity contribution in [1.82, 2.24) is 9.97 Å². The number of aromatic nitrogens is 2. The van der Waals surface area contributed by atoms with Crippen LogP contribution in [0.5, 0.6) is 0 Å². The molecule has 0 fully saturated rings. The van der Waals surface area contributed by atoms with Gasteiger partial charge < -0.3 is 0 Å². The lowest BCUT2D eigenvalue weighted by molar-refractivity contribution is 1.11. The largest absolute Gasteiger partial charge is 0.221 e. The van der Waals surface area contributed by atoms with Crippen LogP contribution in [0.4, 0.5) is 0 Å². The molecule has 0 aliphatic carbocycles. The van der Waals surface area contributed by atoms with Gasteiger partial charge in [0.25, 0.3) is 0 Å². The Morgan fingerprint density at radius 2 is 1.29 bits per heavy atom. The van der Waals surface area contributed by atoms with E-state index in [-0.39, 0.29) is 0 Å². The molecule has 1 aromatic heterocycles. The fourth-order valence-corrected chi connectivity index (χ4v) is 3.11. The highest BCUT2D eigenvalue weighted by Gasteiger charge is 2.10. The molecule has 0 N–H and O–H groups in total. The van der Waals surface area contributed by atoms with Gasteiger partial charge in [-0.05, 0) is 63.8 Å². The maximum absolute atomic E-state index is 4.43. The van der Waals surface area contributed by atoms with Crippen LogP contribution in [0.3, 0.4) is 0 Å². The summed E-state index contributed by atoms with van der Waals surface area (Å²) in [4.78, 5) is 8.86. The van der Waals surface area contributed by atoms with Crippen LogP contribution >= 0.6 is 31.9 Å². The second kappa shape index (κ2) is 4.86. The van der Waals surface area contributed by atoms with Gasteiger partial charge in [0.1, 0.15) is 9.21 Å². The molecular formula is C13H12Br2N2. The molecule has 0 amide bonds. The minimum Gasteiger partial charge on any atom is -0.221 e. The third kappa shape index (κ3) is 2.75. The zero-order chi connectivity index (χ0) is 12.6. The summed E-state index contributed by atoms with van der Waals surface area (Å²) in [6, 6.07) is 6.14. The number of benzene rings is 1. The first-order valence-electron chi connectivity index (χ1n) is 5.25. The number of hydrogen-bond donors (Lipinski definition) is 0. The first-order valence-corrected chi connectivity index (χ1v) is 6.84. The first kappa shape index (κ1) is 12.7. The lowest BCUT2D eigenvalue weighted by Crippen LogP contribution is -1.96. The molecule has 0 aliphatic heterocycles. The second-order valence-electron chi connectivity index (χ2n) is 4.11. The minimum absolute atomic E-state index is 0.751. The van der Waals surface area contributed by atoms with Crippen LogP contribution in [0.15, 0.2) is 27.4 Å². The van der Waals surface area contributed by atoms with Crippen LogP contribution in [-0.4, -0.2) is 9.97 Å². The topological polar surface area (TPSA) is 25.8 Å². The molecule has 0 radical (unpaired) electrons. The second-order valence-corrected chi connectivity index (χ2v) is 5.74. The summed E-state index contributed by atoms with van der Waals surface area (Å²) in [7, 11) is 0. The van der Waals surface area contributed by atoms with Gasteiger partial charge in [-0.15, -0.1) is 0 Å². The van der Waals surface area contributed by atoms with Crippen molar-refractivity contribution in [3.05, 3.63) is 44.1 Å². The highest BCUT2D eigenvalue weighted by atomic mass is 79.9. The fourth-order valence-electron chi connectivity index (χ4n) is 2.03. The Labute approximate surface area is 118 Å². The van der Waals surface area contributed by atoms with E-state index in [1.165, 1.54) is 16.7 Å². The normalized spacial score (nSPS) is 10.6. The van der Waals surface area contributed by atoms with Crippen molar-refractivity contribution >= 4 is 31.9 Å². The molecule has 2 aromatic rings. The van der Waals surface area contributed by atoms with E-state index in [9.17, 15) is 0 Å². The Kier molecular flexibility index (Phi) is 3.64. The molecule has 88 valence electrons. The van der Waals surface area contributed by atoms with Crippen molar-refractivity contribution in [2.24, 2.45) is 0 Å². The van der Waals surface area contributed by atoms with Gasteiger partial charge in [-0.2, -0.15) is 0 Å². The summed E-state index contributed by atoms with van der Waals surface area (Å²) in [5, 5.41) is 0. The van der Waals surface area contributed by atoms with Gasteiger partial charge in [0.2, 0.25) is 0 Å². The van der Waals surface area contributed by atoms with E-state index in [1.54, 1.807) is 0 Å². The molecule has 0 saturated carbocycles. The average molecular weight is 356 g/mol. The number of rotatable bonds is 1. The van der Waals surface area contributed by atoms with Crippen molar-refractivity contribution in [2.45, 2.75) is 20.8 Å². The van der Waals surface area contributed by atoms with Crippen molar-refractivity contribution in [2.75, 3.05) is 0 Å². The Balaban J connectivity index is 2.68. The third-order valence-corrected chi connectivity index (χ3v) is 3.38. The van der Waals surface area contributed by atoms with Gasteiger partial charge in [-0.25, -0.2) is 9.97 Å². The fraction of sp³-hybridized carbons (Fsp3) is 0.231. The zero-order valence-electron chi connectivity index (χ0n) is 9.88. The van der Waals surface area contributed by atoms with E-state index in [2.05, 4.69) is 74.7 Å². The van der Waals surface area contributed by atoms with Gasteiger partial charge in [0.15, 0.2) is 5.82 Å². The number of aryl methyl sites for hydroxylation is 3. The standard InChI is InChI=1S/C13H12Br2N2/c1-7-4-8(2)12(9(3)5-7)13-16-10(14)6-11(15)17-13/h4-6H,1-3H3. The molecule has 0 aliphatic rings. The summed E-state index contributed by atoms with van der Waals surface area (Å²) in [6.45, 7) is 6.28. The molecule has 0 saturated heterocycles. The summed E-state index contributed by atoms with van der Waals surface area (Å²) in [6.07, 6.45) is 0. The van der Waals surface area contributed by atoms with E-state index in [0.717, 1.165) is 20.6 Å². The molecule has 0 unspecified atom stereocenters. The summed E-state index contributed by atoms with van der Waals surface area (Å²) < 4.78 is 1.57. The maximum Gasteiger partial charge on any atom is 0.162 e.